The smallest absolute Gasteiger partial charge is 0.0662 e. The average molecular weight is 171 g/mol. The normalized spacial score (nSPS) is 10.2. The minimum Gasteiger partial charge on any atom is -0.268 e. The molecular weight excluding hydrogens is 160 g/mol. The highest BCUT2D eigenvalue weighted by atomic mass is 15.3. The van der Waals surface area contributed by atoms with Crippen LogP contribution < -0.4 is 0 Å². The van der Waals surface area contributed by atoms with Crippen molar-refractivity contribution in [2.75, 3.05) is 0 Å². The van der Waals surface area contributed by atoms with Crippen LogP contribution in [0.15, 0.2) is 36.7 Å². The van der Waals surface area contributed by atoms with E-state index in [0.29, 0.717) is 0 Å². The molecule has 0 bridgehead atoms. The molecule has 0 saturated carbocycles. The topological polar surface area (TPSA) is 17.8 Å². The van der Waals surface area contributed by atoms with Crippen LogP contribution in [0.3, 0.4) is 0 Å². The minimum absolute atomic E-state index is 0.830. The number of hydrogen-bond donors (Lipinski definition) is 0. The van der Waals surface area contributed by atoms with Gasteiger partial charge >= 0.3 is 0 Å². The third-order valence-corrected chi connectivity index (χ3v) is 2.10. The van der Waals surface area contributed by atoms with Gasteiger partial charge in [-0.05, 0) is 18.1 Å². The van der Waals surface area contributed by atoms with E-state index in [1.54, 1.807) is 6.20 Å². The molecule has 0 unspecified atom stereocenters. The zero-order chi connectivity index (χ0) is 9.10. The van der Waals surface area contributed by atoms with E-state index in [1.165, 1.54) is 11.1 Å². The van der Waals surface area contributed by atoms with Crippen LogP contribution in [0.25, 0.3) is 0 Å². The first-order chi connectivity index (χ1) is 6.36. The molecule has 1 aromatic carbocycles. The van der Waals surface area contributed by atoms with Gasteiger partial charge in [-0.2, -0.15) is 5.10 Å². The van der Waals surface area contributed by atoms with Crippen LogP contribution in [0, 0.1) is 13.0 Å². The second-order valence-corrected chi connectivity index (χ2v) is 3.06. The van der Waals surface area contributed by atoms with Crippen molar-refractivity contribution in [1.29, 1.82) is 0 Å². The molecule has 0 N–H and O–H groups in total. The molecule has 0 fully saturated rings. The number of aryl methyl sites for hydroxylation is 1. The van der Waals surface area contributed by atoms with E-state index in [-0.39, 0.29) is 0 Å². The lowest BCUT2D eigenvalue weighted by molar-refractivity contribution is 0.684. The van der Waals surface area contributed by atoms with Gasteiger partial charge in [0.25, 0.3) is 0 Å². The summed E-state index contributed by atoms with van der Waals surface area (Å²) in [6.45, 7) is 2.94. The summed E-state index contributed by atoms with van der Waals surface area (Å²) in [4.78, 5) is 0. The molecule has 2 heteroatoms. The Hall–Kier alpha value is -1.57. The van der Waals surface area contributed by atoms with Crippen LogP contribution in [0.2, 0.25) is 0 Å². The summed E-state index contributed by atoms with van der Waals surface area (Å²) in [7, 11) is 0. The summed E-state index contributed by atoms with van der Waals surface area (Å²) in [5, 5.41) is 4.11. The van der Waals surface area contributed by atoms with Gasteiger partial charge in [-0.15, -0.1) is 0 Å². The van der Waals surface area contributed by atoms with E-state index in [9.17, 15) is 0 Å². The summed E-state index contributed by atoms with van der Waals surface area (Å²) >= 11 is 0. The van der Waals surface area contributed by atoms with Gasteiger partial charge in [-0.3, -0.25) is 4.68 Å². The highest BCUT2D eigenvalue weighted by Crippen LogP contribution is 2.07. The first-order valence-corrected chi connectivity index (χ1v) is 4.29. The second kappa shape index (κ2) is 3.44. The lowest BCUT2D eigenvalue weighted by Crippen LogP contribution is -2.01. The Morgan fingerprint density at radius 3 is 2.92 bits per heavy atom. The molecule has 0 atom stereocenters. The van der Waals surface area contributed by atoms with Crippen molar-refractivity contribution in [3.63, 3.8) is 0 Å². The molecule has 2 aromatic rings. The van der Waals surface area contributed by atoms with Gasteiger partial charge in [0.05, 0.1) is 12.7 Å². The number of aromatic nitrogens is 2. The summed E-state index contributed by atoms with van der Waals surface area (Å²) in [6.07, 6.45) is 3.53. The van der Waals surface area contributed by atoms with Crippen LogP contribution in [0.5, 0.6) is 0 Å². The van der Waals surface area contributed by atoms with Gasteiger partial charge in [0, 0.05) is 12.3 Å². The van der Waals surface area contributed by atoms with Crippen LogP contribution in [0.4, 0.5) is 0 Å². The highest BCUT2D eigenvalue weighted by molar-refractivity contribution is 5.25. The molecule has 0 aliphatic heterocycles. The lowest BCUT2D eigenvalue weighted by Gasteiger charge is -2.04. The number of benzene rings is 1. The van der Waals surface area contributed by atoms with Crippen molar-refractivity contribution in [2.45, 2.75) is 13.5 Å². The van der Waals surface area contributed by atoms with Crippen LogP contribution in [-0.2, 0) is 6.54 Å². The molecule has 1 radical (unpaired) electrons. The van der Waals surface area contributed by atoms with Gasteiger partial charge in [-0.1, -0.05) is 24.3 Å². The van der Waals surface area contributed by atoms with Crippen LogP contribution in [-0.4, -0.2) is 9.78 Å². The Balaban J connectivity index is 2.24. The van der Waals surface area contributed by atoms with E-state index >= 15 is 0 Å². The third kappa shape index (κ3) is 1.78. The van der Waals surface area contributed by atoms with Gasteiger partial charge < -0.3 is 0 Å². The molecular formula is C11H11N2. The minimum atomic E-state index is 0.830. The molecule has 0 aliphatic rings. The van der Waals surface area contributed by atoms with Crippen LogP contribution >= 0.6 is 0 Å². The molecule has 65 valence electrons. The zero-order valence-electron chi connectivity index (χ0n) is 7.57. The predicted octanol–water partition coefficient (Wildman–Crippen LogP) is 2.04. The summed E-state index contributed by atoms with van der Waals surface area (Å²) in [5.41, 5.74) is 2.61. The Labute approximate surface area is 77.8 Å². The van der Waals surface area contributed by atoms with Gasteiger partial charge in [0.1, 0.15) is 0 Å². The largest absolute Gasteiger partial charge is 0.268 e. The van der Waals surface area contributed by atoms with Crippen LogP contribution in [0.1, 0.15) is 11.1 Å². The molecule has 2 rings (SSSR count). The van der Waals surface area contributed by atoms with Crippen molar-refractivity contribution in [3.05, 3.63) is 53.9 Å². The standard InChI is InChI=1S/C11H11N2/c1-10-5-2-3-6-11(10)9-13-8-4-7-12-13/h2-3,5-8H,9H2,1H3. The zero-order valence-corrected chi connectivity index (χ0v) is 7.57. The summed E-state index contributed by atoms with van der Waals surface area (Å²) < 4.78 is 1.88. The Kier molecular flexibility index (Phi) is 2.13. The van der Waals surface area contributed by atoms with E-state index in [0.717, 1.165) is 6.54 Å². The van der Waals surface area contributed by atoms with Crippen molar-refractivity contribution < 1.29 is 0 Å². The van der Waals surface area contributed by atoms with Crippen molar-refractivity contribution in [3.8, 4) is 0 Å². The van der Waals surface area contributed by atoms with E-state index in [2.05, 4.69) is 36.3 Å². The van der Waals surface area contributed by atoms with Crippen molar-refractivity contribution >= 4 is 0 Å². The predicted molar refractivity (Wildman–Crippen MR) is 51.3 cm³/mol. The van der Waals surface area contributed by atoms with Gasteiger partial charge in [0.15, 0.2) is 0 Å². The fraction of sp³-hybridized carbons (Fsp3) is 0.182. The maximum atomic E-state index is 4.11. The first kappa shape index (κ1) is 8.05. The molecule has 0 saturated heterocycles. The maximum Gasteiger partial charge on any atom is 0.0662 e. The first-order valence-electron chi connectivity index (χ1n) is 4.29. The van der Waals surface area contributed by atoms with Crippen molar-refractivity contribution in [1.82, 2.24) is 9.78 Å². The van der Waals surface area contributed by atoms with Crippen molar-refractivity contribution in [2.24, 2.45) is 0 Å². The molecule has 0 aliphatic carbocycles. The fourth-order valence-electron chi connectivity index (χ4n) is 1.31. The number of rotatable bonds is 2. The monoisotopic (exact) mass is 171 g/mol. The van der Waals surface area contributed by atoms with Gasteiger partial charge in [0.2, 0.25) is 0 Å². The molecule has 1 heterocycles. The Morgan fingerprint density at radius 1 is 1.38 bits per heavy atom. The summed E-state index contributed by atoms with van der Waals surface area (Å²) in [6, 6.07) is 11.3. The second-order valence-electron chi connectivity index (χ2n) is 3.06. The van der Waals surface area contributed by atoms with Gasteiger partial charge in [-0.25, -0.2) is 0 Å². The number of nitrogens with zero attached hydrogens (tertiary/aromatic N) is 2. The Morgan fingerprint density at radius 2 is 2.23 bits per heavy atom. The molecule has 1 aromatic heterocycles. The summed E-state index contributed by atoms with van der Waals surface area (Å²) in [5.74, 6) is 0. The average Bonchev–Trinajstić information content (AvgIpc) is 2.61. The molecule has 13 heavy (non-hydrogen) atoms. The maximum absolute atomic E-state index is 4.11. The Bertz CT molecular complexity index is 377. The van der Waals surface area contributed by atoms with E-state index < -0.39 is 0 Å². The van der Waals surface area contributed by atoms with E-state index in [1.807, 2.05) is 16.9 Å². The lowest BCUT2D eigenvalue weighted by atomic mass is 10.1. The molecule has 2 nitrogen and oxygen atoms in total. The molecule has 0 amide bonds. The fourth-order valence-corrected chi connectivity index (χ4v) is 1.31. The number of hydrogen-bond acceptors (Lipinski definition) is 1. The van der Waals surface area contributed by atoms with E-state index in [4.69, 9.17) is 0 Å². The SMILES string of the molecule is Cc1ccccc1Cn1c[c]cn1. The highest BCUT2D eigenvalue weighted by Gasteiger charge is 1.97. The molecule has 0 spiro atoms. The quantitative estimate of drug-likeness (QED) is 0.676. The third-order valence-electron chi connectivity index (χ3n) is 2.10.